The van der Waals surface area contributed by atoms with Gasteiger partial charge in [-0.15, -0.1) is 0 Å². The molecule has 1 aromatic heterocycles. The van der Waals surface area contributed by atoms with Gasteiger partial charge in [-0.05, 0) is 31.9 Å². The number of aromatic nitrogens is 1. The molecule has 1 heterocycles. The lowest BCUT2D eigenvalue weighted by molar-refractivity contribution is 0.411. The van der Waals surface area contributed by atoms with E-state index in [0.717, 1.165) is 23.4 Å². The van der Waals surface area contributed by atoms with E-state index in [-0.39, 0.29) is 0 Å². The Bertz CT molecular complexity index is 419. The number of hydrogen-bond acceptors (Lipinski definition) is 4. The van der Waals surface area contributed by atoms with Crippen molar-refractivity contribution in [3.8, 4) is 0 Å². The van der Waals surface area contributed by atoms with Crippen molar-refractivity contribution in [3.05, 3.63) is 18.0 Å². The molecule has 0 aromatic carbocycles. The second-order valence-corrected chi connectivity index (χ2v) is 6.85. The zero-order chi connectivity index (χ0) is 14.9. The minimum Gasteiger partial charge on any atom is -0.364 e. The van der Waals surface area contributed by atoms with Gasteiger partial charge >= 0.3 is 0 Å². The van der Waals surface area contributed by atoms with Gasteiger partial charge in [0, 0.05) is 23.9 Å². The van der Waals surface area contributed by atoms with Gasteiger partial charge in [0.1, 0.15) is 12.0 Å². The van der Waals surface area contributed by atoms with E-state index in [9.17, 15) is 0 Å². The van der Waals surface area contributed by atoms with Gasteiger partial charge in [-0.25, -0.2) is 4.99 Å². The third-order valence-electron chi connectivity index (χ3n) is 3.60. The number of aliphatic imine (C=N–C) groups is 1. The third-order valence-corrected chi connectivity index (χ3v) is 4.84. The standard InChI is InChI=1S/C15H26N4OS/c1-3-16-15(17-11-13-8-9-20-19-13)18-12-6-5-7-14(10-12)21-4-2/h8-9,12,14H,3-7,10-11H2,1-2H3,(H2,16,17,18). The van der Waals surface area contributed by atoms with Crippen molar-refractivity contribution in [1.82, 2.24) is 15.8 Å². The second kappa shape index (κ2) is 8.97. The van der Waals surface area contributed by atoms with E-state index in [0.29, 0.717) is 12.6 Å². The Hall–Kier alpha value is -1.17. The molecule has 6 heteroatoms. The van der Waals surface area contributed by atoms with Crippen LogP contribution in [0.3, 0.4) is 0 Å². The Labute approximate surface area is 131 Å². The normalized spacial score (nSPS) is 23.0. The largest absolute Gasteiger partial charge is 0.364 e. The Kier molecular flexibility index (Phi) is 6.92. The number of hydrogen-bond donors (Lipinski definition) is 2. The highest BCUT2D eigenvalue weighted by Gasteiger charge is 2.22. The quantitative estimate of drug-likeness (QED) is 0.625. The van der Waals surface area contributed by atoms with Gasteiger partial charge in [0.15, 0.2) is 5.96 Å². The van der Waals surface area contributed by atoms with Crippen LogP contribution in [0.4, 0.5) is 0 Å². The molecular weight excluding hydrogens is 284 g/mol. The Morgan fingerprint density at radius 1 is 1.48 bits per heavy atom. The van der Waals surface area contributed by atoms with Gasteiger partial charge in [-0.2, -0.15) is 11.8 Å². The van der Waals surface area contributed by atoms with Crippen LogP contribution in [-0.4, -0.2) is 34.7 Å². The smallest absolute Gasteiger partial charge is 0.191 e. The summed E-state index contributed by atoms with van der Waals surface area (Å²) in [5, 5.41) is 11.6. The van der Waals surface area contributed by atoms with Crippen LogP contribution >= 0.6 is 11.8 Å². The van der Waals surface area contributed by atoms with Gasteiger partial charge in [0.05, 0.1) is 6.54 Å². The number of thioether (sulfide) groups is 1. The van der Waals surface area contributed by atoms with Crippen molar-refractivity contribution in [2.24, 2.45) is 4.99 Å². The van der Waals surface area contributed by atoms with E-state index >= 15 is 0 Å². The van der Waals surface area contributed by atoms with Crippen molar-refractivity contribution in [3.63, 3.8) is 0 Å². The molecule has 0 saturated heterocycles. The summed E-state index contributed by atoms with van der Waals surface area (Å²) >= 11 is 2.09. The van der Waals surface area contributed by atoms with Crippen LogP contribution < -0.4 is 10.6 Å². The maximum atomic E-state index is 4.83. The molecule has 2 rings (SSSR count). The molecule has 118 valence electrons. The van der Waals surface area contributed by atoms with E-state index in [1.807, 2.05) is 6.07 Å². The van der Waals surface area contributed by atoms with Crippen LogP contribution in [0.1, 0.15) is 45.2 Å². The summed E-state index contributed by atoms with van der Waals surface area (Å²) in [4.78, 5) is 4.59. The Balaban J connectivity index is 1.87. The summed E-state index contributed by atoms with van der Waals surface area (Å²) in [6.07, 6.45) is 6.70. The summed E-state index contributed by atoms with van der Waals surface area (Å²) < 4.78 is 4.83. The summed E-state index contributed by atoms with van der Waals surface area (Å²) in [6.45, 7) is 5.74. The summed E-state index contributed by atoms with van der Waals surface area (Å²) in [6, 6.07) is 2.37. The first-order valence-corrected chi connectivity index (χ1v) is 8.92. The molecule has 1 fully saturated rings. The molecule has 1 aliphatic carbocycles. The molecule has 1 saturated carbocycles. The number of guanidine groups is 1. The maximum Gasteiger partial charge on any atom is 0.191 e. The van der Waals surface area contributed by atoms with Crippen molar-refractivity contribution in [1.29, 1.82) is 0 Å². The Morgan fingerprint density at radius 2 is 2.38 bits per heavy atom. The molecule has 0 spiro atoms. The fraction of sp³-hybridized carbons (Fsp3) is 0.733. The zero-order valence-corrected chi connectivity index (χ0v) is 13.8. The van der Waals surface area contributed by atoms with E-state index in [1.54, 1.807) is 6.26 Å². The average molecular weight is 310 g/mol. The fourth-order valence-electron chi connectivity index (χ4n) is 2.66. The molecule has 1 aromatic rings. The molecule has 0 bridgehead atoms. The highest BCUT2D eigenvalue weighted by Crippen LogP contribution is 2.28. The lowest BCUT2D eigenvalue weighted by Crippen LogP contribution is -2.45. The summed E-state index contributed by atoms with van der Waals surface area (Å²) in [5.41, 5.74) is 0.857. The molecule has 0 radical (unpaired) electrons. The molecular formula is C15H26N4OS. The fourth-order valence-corrected chi connectivity index (χ4v) is 3.83. The van der Waals surface area contributed by atoms with E-state index in [2.05, 4.69) is 46.4 Å². The first-order chi connectivity index (χ1) is 10.3. The first-order valence-electron chi connectivity index (χ1n) is 7.87. The predicted octanol–water partition coefficient (Wildman–Crippen LogP) is 2.79. The predicted molar refractivity (Wildman–Crippen MR) is 88.6 cm³/mol. The van der Waals surface area contributed by atoms with Crippen LogP contribution in [0.25, 0.3) is 0 Å². The van der Waals surface area contributed by atoms with Crippen LogP contribution in [-0.2, 0) is 6.54 Å². The van der Waals surface area contributed by atoms with Crippen LogP contribution in [0.2, 0.25) is 0 Å². The molecule has 2 atom stereocenters. The van der Waals surface area contributed by atoms with Crippen molar-refractivity contribution < 1.29 is 4.52 Å². The Morgan fingerprint density at radius 3 is 3.10 bits per heavy atom. The highest BCUT2D eigenvalue weighted by atomic mass is 32.2. The zero-order valence-electron chi connectivity index (χ0n) is 13.0. The molecule has 0 aliphatic heterocycles. The van der Waals surface area contributed by atoms with Gasteiger partial charge in [-0.1, -0.05) is 18.5 Å². The molecule has 1 aliphatic rings. The first kappa shape index (κ1) is 16.2. The molecule has 0 amide bonds. The molecule has 5 nitrogen and oxygen atoms in total. The lowest BCUT2D eigenvalue weighted by atomic mass is 9.95. The molecule has 2 N–H and O–H groups in total. The van der Waals surface area contributed by atoms with Crippen molar-refractivity contribution in [2.75, 3.05) is 12.3 Å². The summed E-state index contributed by atoms with van der Waals surface area (Å²) in [5.74, 6) is 2.09. The lowest BCUT2D eigenvalue weighted by Gasteiger charge is -2.30. The van der Waals surface area contributed by atoms with E-state index in [4.69, 9.17) is 4.52 Å². The molecule has 2 unspecified atom stereocenters. The number of nitrogens with zero attached hydrogens (tertiary/aromatic N) is 2. The van der Waals surface area contributed by atoms with Gasteiger partial charge in [0.2, 0.25) is 0 Å². The SMILES string of the molecule is CCNC(=NCc1ccon1)NC1CCCC(SCC)C1. The number of nitrogens with one attached hydrogen (secondary N) is 2. The van der Waals surface area contributed by atoms with Gasteiger partial charge in [-0.3, -0.25) is 0 Å². The third kappa shape index (κ3) is 5.61. The van der Waals surface area contributed by atoms with E-state index < -0.39 is 0 Å². The highest BCUT2D eigenvalue weighted by molar-refractivity contribution is 7.99. The summed E-state index contributed by atoms with van der Waals surface area (Å²) in [7, 11) is 0. The minimum atomic E-state index is 0.526. The average Bonchev–Trinajstić information content (AvgIpc) is 2.99. The maximum absolute atomic E-state index is 4.83. The van der Waals surface area contributed by atoms with Crippen molar-refractivity contribution in [2.45, 2.75) is 57.4 Å². The monoisotopic (exact) mass is 310 g/mol. The van der Waals surface area contributed by atoms with Crippen LogP contribution in [0.15, 0.2) is 21.8 Å². The van der Waals surface area contributed by atoms with Crippen molar-refractivity contribution >= 4 is 17.7 Å². The number of rotatable bonds is 6. The van der Waals surface area contributed by atoms with Crippen LogP contribution in [0, 0.1) is 0 Å². The second-order valence-electron chi connectivity index (χ2n) is 5.27. The molecule has 21 heavy (non-hydrogen) atoms. The van der Waals surface area contributed by atoms with Gasteiger partial charge in [0.25, 0.3) is 0 Å². The van der Waals surface area contributed by atoms with Crippen LogP contribution in [0.5, 0.6) is 0 Å². The van der Waals surface area contributed by atoms with Gasteiger partial charge < -0.3 is 15.2 Å². The topological polar surface area (TPSA) is 62.5 Å². The minimum absolute atomic E-state index is 0.526. The van der Waals surface area contributed by atoms with E-state index in [1.165, 1.54) is 31.4 Å².